The molecule has 134 valence electrons. The Morgan fingerprint density at radius 3 is 2.60 bits per heavy atom. The van der Waals surface area contributed by atoms with Crippen LogP contribution in [0.1, 0.15) is 67.2 Å². The molecule has 1 N–H and O–H groups in total. The number of hydrogen-bond acceptors (Lipinski definition) is 3. The van der Waals surface area contributed by atoms with Crippen LogP contribution < -0.4 is 5.32 Å². The Bertz CT molecular complexity index is 714. The van der Waals surface area contributed by atoms with Crippen LogP contribution in [-0.4, -0.2) is 46.3 Å². The molecule has 1 atom stereocenters. The van der Waals surface area contributed by atoms with E-state index < -0.39 is 0 Å². The number of carbonyl (C=O) groups is 3. The summed E-state index contributed by atoms with van der Waals surface area (Å²) < 4.78 is 0. The molecule has 2 aliphatic heterocycles. The number of likely N-dealkylation sites (tertiary alicyclic amines) is 1. The van der Waals surface area contributed by atoms with Crippen LogP contribution in [0.2, 0.25) is 0 Å². The standard InChI is InChI=1S/C19H25N3O3/c1-4-14-7-5-6-10-21(14)19(25)20-13-8-9-15-16(11-13)18(24)22(12(2)3)17(15)23/h8-9,11-12,14H,4-7,10H2,1-3H3,(H,20,25). The first-order chi connectivity index (χ1) is 11.9. The van der Waals surface area contributed by atoms with Crippen LogP contribution in [0.3, 0.4) is 0 Å². The van der Waals surface area contributed by atoms with Gasteiger partial charge in [-0.05, 0) is 57.7 Å². The molecule has 1 aromatic rings. The lowest BCUT2D eigenvalue weighted by Gasteiger charge is -2.35. The molecule has 0 aromatic heterocycles. The second kappa shape index (κ2) is 6.86. The Labute approximate surface area is 148 Å². The van der Waals surface area contributed by atoms with Crippen molar-refractivity contribution < 1.29 is 14.4 Å². The van der Waals surface area contributed by atoms with E-state index in [0.717, 1.165) is 32.2 Å². The number of benzene rings is 1. The summed E-state index contributed by atoms with van der Waals surface area (Å²) >= 11 is 0. The zero-order chi connectivity index (χ0) is 18.1. The minimum atomic E-state index is -0.296. The van der Waals surface area contributed by atoms with Crippen molar-refractivity contribution in [3.05, 3.63) is 29.3 Å². The van der Waals surface area contributed by atoms with Crippen molar-refractivity contribution in [3.63, 3.8) is 0 Å². The van der Waals surface area contributed by atoms with Crippen molar-refractivity contribution in [3.8, 4) is 0 Å². The molecular formula is C19H25N3O3. The van der Waals surface area contributed by atoms with E-state index in [9.17, 15) is 14.4 Å². The van der Waals surface area contributed by atoms with Crippen LogP contribution in [-0.2, 0) is 0 Å². The number of amides is 4. The third kappa shape index (κ3) is 3.13. The summed E-state index contributed by atoms with van der Waals surface area (Å²) in [7, 11) is 0. The van der Waals surface area contributed by atoms with E-state index in [4.69, 9.17) is 0 Å². The molecule has 0 radical (unpaired) electrons. The van der Waals surface area contributed by atoms with E-state index in [2.05, 4.69) is 12.2 Å². The molecule has 1 saturated heterocycles. The third-order valence-corrected chi connectivity index (χ3v) is 5.04. The van der Waals surface area contributed by atoms with Gasteiger partial charge in [0.25, 0.3) is 11.8 Å². The van der Waals surface area contributed by atoms with Crippen molar-refractivity contribution >= 4 is 23.5 Å². The molecule has 25 heavy (non-hydrogen) atoms. The SMILES string of the molecule is CCC1CCCCN1C(=O)Nc1ccc2c(c1)C(=O)N(C(C)C)C2=O. The highest BCUT2D eigenvalue weighted by Gasteiger charge is 2.37. The molecule has 1 fully saturated rings. The number of carbonyl (C=O) groups excluding carboxylic acids is 3. The number of hydrogen-bond donors (Lipinski definition) is 1. The van der Waals surface area contributed by atoms with E-state index in [0.29, 0.717) is 16.8 Å². The van der Waals surface area contributed by atoms with Gasteiger partial charge in [0.2, 0.25) is 0 Å². The molecule has 1 unspecified atom stereocenters. The van der Waals surface area contributed by atoms with Gasteiger partial charge in [-0.15, -0.1) is 0 Å². The van der Waals surface area contributed by atoms with Crippen LogP contribution in [0, 0.1) is 0 Å². The lowest BCUT2D eigenvalue weighted by atomic mass is 10.0. The summed E-state index contributed by atoms with van der Waals surface area (Å²) in [4.78, 5) is 40.5. The van der Waals surface area contributed by atoms with E-state index in [-0.39, 0.29) is 29.9 Å². The summed E-state index contributed by atoms with van der Waals surface area (Å²) in [5.74, 6) is -0.564. The molecule has 2 aliphatic rings. The Balaban J connectivity index is 1.79. The fourth-order valence-corrected chi connectivity index (χ4v) is 3.69. The first-order valence-electron chi connectivity index (χ1n) is 9.03. The minimum absolute atomic E-state index is 0.135. The van der Waals surface area contributed by atoms with Gasteiger partial charge in [-0.25, -0.2) is 4.79 Å². The first-order valence-corrected chi connectivity index (χ1v) is 9.03. The second-order valence-electron chi connectivity index (χ2n) is 7.02. The lowest BCUT2D eigenvalue weighted by Crippen LogP contribution is -2.45. The summed E-state index contributed by atoms with van der Waals surface area (Å²) in [5.41, 5.74) is 1.32. The Kier molecular flexibility index (Phi) is 4.79. The van der Waals surface area contributed by atoms with Crippen LogP contribution >= 0.6 is 0 Å². The molecule has 1 aromatic carbocycles. The van der Waals surface area contributed by atoms with Crippen LogP contribution in [0.15, 0.2) is 18.2 Å². The van der Waals surface area contributed by atoms with Crippen molar-refractivity contribution in [1.82, 2.24) is 9.80 Å². The maximum Gasteiger partial charge on any atom is 0.322 e. The molecule has 0 aliphatic carbocycles. The normalized spacial score (nSPS) is 20.2. The van der Waals surface area contributed by atoms with Crippen molar-refractivity contribution in [2.24, 2.45) is 0 Å². The van der Waals surface area contributed by atoms with Gasteiger partial charge in [0.1, 0.15) is 0 Å². The molecular weight excluding hydrogens is 318 g/mol. The first kappa shape index (κ1) is 17.5. The fraction of sp³-hybridized carbons (Fsp3) is 0.526. The largest absolute Gasteiger partial charge is 0.322 e. The van der Waals surface area contributed by atoms with Gasteiger partial charge in [0.05, 0.1) is 11.1 Å². The van der Waals surface area contributed by atoms with Crippen molar-refractivity contribution in [2.45, 2.75) is 58.5 Å². The Morgan fingerprint density at radius 1 is 1.20 bits per heavy atom. The molecule has 4 amide bonds. The monoisotopic (exact) mass is 343 g/mol. The Hall–Kier alpha value is -2.37. The number of nitrogens with zero attached hydrogens (tertiary/aromatic N) is 2. The smallest absolute Gasteiger partial charge is 0.322 e. The summed E-state index contributed by atoms with van der Waals surface area (Å²) in [6, 6.07) is 4.87. The van der Waals surface area contributed by atoms with Gasteiger partial charge in [-0.1, -0.05) is 6.92 Å². The second-order valence-corrected chi connectivity index (χ2v) is 7.02. The minimum Gasteiger partial charge on any atom is -0.322 e. The number of fused-ring (bicyclic) bond motifs is 1. The highest BCUT2D eigenvalue weighted by molar-refractivity contribution is 6.22. The predicted molar refractivity (Wildman–Crippen MR) is 95.7 cm³/mol. The van der Waals surface area contributed by atoms with Crippen LogP contribution in [0.4, 0.5) is 10.5 Å². The molecule has 2 heterocycles. The van der Waals surface area contributed by atoms with Gasteiger partial charge in [-0.2, -0.15) is 0 Å². The van der Waals surface area contributed by atoms with E-state index >= 15 is 0 Å². The van der Waals surface area contributed by atoms with Gasteiger partial charge in [0.15, 0.2) is 0 Å². The molecule has 6 heteroatoms. The summed E-state index contributed by atoms with van der Waals surface area (Å²) in [6.07, 6.45) is 4.14. The fourth-order valence-electron chi connectivity index (χ4n) is 3.69. The number of nitrogens with one attached hydrogen (secondary N) is 1. The van der Waals surface area contributed by atoms with Crippen LogP contribution in [0.25, 0.3) is 0 Å². The number of imide groups is 1. The average Bonchev–Trinajstić information content (AvgIpc) is 2.85. The maximum atomic E-state index is 12.6. The number of anilines is 1. The van der Waals surface area contributed by atoms with E-state index in [1.54, 1.807) is 18.2 Å². The highest BCUT2D eigenvalue weighted by atomic mass is 16.2. The molecule has 0 spiro atoms. The molecule has 0 bridgehead atoms. The number of piperidine rings is 1. The van der Waals surface area contributed by atoms with Gasteiger partial charge in [-0.3, -0.25) is 14.5 Å². The molecule has 3 rings (SSSR count). The molecule has 0 saturated carbocycles. The van der Waals surface area contributed by atoms with Crippen molar-refractivity contribution in [1.29, 1.82) is 0 Å². The van der Waals surface area contributed by atoms with Crippen LogP contribution in [0.5, 0.6) is 0 Å². The quantitative estimate of drug-likeness (QED) is 0.854. The summed E-state index contributed by atoms with van der Waals surface area (Å²) in [6.45, 7) is 6.47. The number of urea groups is 1. The van der Waals surface area contributed by atoms with E-state index in [1.807, 2.05) is 18.7 Å². The van der Waals surface area contributed by atoms with Gasteiger partial charge < -0.3 is 10.2 Å². The van der Waals surface area contributed by atoms with Crippen molar-refractivity contribution in [2.75, 3.05) is 11.9 Å². The van der Waals surface area contributed by atoms with Gasteiger partial charge >= 0.3 is 6.03 Å². The predicted octanol–water partition coefficient (Wildman–Crippen LogP) is 3.49. The maximum absolute atomic E-state index is 12.6. The lowest BCUT2D eigenvalue weighted by molar-refractivity contribution is 0.0609. The van der Waals surface area contributed by atoms with Gasteiger partial charge in [0, 0.05) is 24.3 Å². The zero-order valence-electron chi connectivity index (χ0n) is 15.0. The Morgan fingerprint density at radius 2 is 1.92 bits per heavy atom. The van der Waals surface area contributed by atoms with E-state index in [1.165, 1.54) is 4.90 Å². The topological polar surface area (TPSA) is 69.7 Å². The highest BCUT2D eigenvalue weighted by Crippen LogP contribution is 2.28. The average molecular weight is 343 g/mol. The summed E-state index contributed by atoms with van der Waals surface area (Å²) in [5, 5.41) is 2.89. The number of rotatable bonds is 3. The zero-order valence-corrected chi connectivity index (χ0v) is 15.0. The third-order valence-electron chi connectivity index (χ3n) is 5.04. The molecule has 6 nitrogen and oxygen atoms in total.